The summed E-state index contributed by atoms with van der Waals surface area (Å²) in [4.78, 5) is 8.00. The van der Waals surface area contributed by atoms with Crippen molar-refractivity contribution >= 4 is 11.6 Å². The van der Waals surface area contributed by atoms with Crippen LogP contribution in [0.25, 0.3) is 0 Å². The molecule has 1 aliphatic carbocycles. The van der Waals surface area contributed by atoms with Gasteiger partial charge in [-0.05, 0) is 6.42 Å². The molecule has 3 N–H and O–H groups in total. The maximum absolute atomic E-state index is 5.60. The Hall–Kier alpha value is -1.36. The molecule has 1 aliphatic rings. The smallest absolute Gasteiger partial charge is 0.131 e. The van der Waals surface area contributed by atoms with Gasteiger partial charge < -0.3 is 15.8 Å². The summed E-state index contributed by atoms with van der Waals surface area (Å²) in [6.07, 6.45) is 2.77. The Balaban J connectivity index is 2.02. The zero-order valence-electron chi connectivity index (χ0n) is 9.90. The van der Waals surface area contributed by atoms with Crippen molar-refractivity contribution in [3.63, 3.8) is 0 Å². The number of hydrogen-bond acceptors (Lipinski definition) is 5. The van der Waals surface area contributed by atoms with Gasteiger partial charge in [-0.25, -0.2) is 9.97 Å². The van der Waals surface area contributed by atoms with Crippen LogP contribution in [0.2, 0.25) is 0 Å². The first-order valence-electron chi connectivity index (χ1n) is 5.41. The minimum absolute atomic E-state index is 0.120. The lowest BCUT2D eigenvalue weighted by molar-refractivity contribution is -0.0795. The summed E-state index contributed by atoms with van der Waals surface area (Å²) in [6.45, 7) is 4.37. The molecule has 1 fully saturated rings. The van der Waals surface area contributed by atoms with E-state index in [9.17, 15) is 0 Å². The predicted molar refractivity (Wildman–Crippen MR) is 63.1 cm³/mol. The second-order valence-electron chi connectivity index (χ2n) is 4.81. The molecule has 0 bridgehead atoms. The summed E-state index contributed by atoms with van der Waals surface area (Å²) >= 11 is 0. The Morgan fingerprint density at radius 3 is 2.81 bits per heavy atom. The Bertz CT molecular complexity index is 380. The van der Waals surface area contributed by atoms with Crippen LogP contribution in [0.15, 0.2) is 12.4 Å². The van der Waals surface area contributed by atoms with E-state index in [1.165, 1.54) is 6.33 Å². The number of aromatic nitrogens is 2. The van der Waals surface area contributed by atoms with Crippen molar-refractivity contribution in [3.05, 3.63) is 12.4 Å². The third-order valence-electron chi connectivity index (χ3n) is 3.47. The molecule has 16 heavy (non-hydrogen) atoms. The van der Waals surface area contributed by atoms with Gasteiger partial charge >= 0.3 is 0 Å². The summed E-state index contributed by atoms with van der Waals surface area (Å²) < 4.78 is 5.40. The lowest BCUT2D eigenvalue weighted by Crippen LogP contribution is -2.57. The third-order valence-corrected chi connectivity index (χ3v) is 3.47. The Morgan fingerprint density at radius 1 is 1.50 bits per heavy atom. The van der Waals surface area contributed by atoms with Crippen LogP contribution < -0.4 is 11.1 Å². The van der Waals surface area contributed by atoms with Crippen LogP contribution in [0.3, 0.4) is 0 Å². The second kappa shape index (κ2) is 3.90. The van der Waals surface area contributed by atoms with Crippen molar-refractivity contribution in [2.45, 2.75) is 32.4 Å². The molecular formula is C11H18N4O. The highest BCUT2D eigenvalue weighted by molar-refractivity contribution is 5.45. The van der Waals surface area contributed by atoms with Crippen LogP contribution in [0.4, 0.5) is 11.6 Å². The Labute approximate surface area is 95.4 Å². The first-order chi connectivity index (χ1) is 7.54. The summed E-state index contributed by atoms with van der Waals surface area (Å²) in [5.74, 6) is 1.26. The molecule has 1 aromatic heterocycles. The molecule has 0 saturated heterocycles. The van der Waals surface area contributed by atoms with E-state index in [1.807, 2.05) is 0 Å². The maximum Gasteiger partial charge on any atom is 0.131 e. The number of rotatable bonds is 3. The van der Waals surface area contributed by atoms with Gasteiger partial charge in [0, 0.05) is 24.6 Å². The quantitative estimate of drug-likeness (QED) is 0.806. The molecule has 1 heterocycles. The summed E-state index contributed by atoms with van der Waals surface area (Å²) in [6, 6.07) is 2.11. The van der Waals surface area contributed by atoms with E-state index in [4.69, 9.17) is 10.5 Å². The largest absolute Gasteiger partial charge is 0.384 e. The van der Waals surface area contributed by atoms with Crippen LogP contribution in [0, 0.1) is 5.41 Å². The molecule has 0 radical (unpaired) electrons. The molecule has 0 amide bonds. The van der Waals surface area contributed by atoms with E-state index < -0.39 is 0 Å². The minimum Gasteiger partial charge on any atom is -0.384 e. The van der Waals surface area contributed by atoms with Crippen molar-refractivity contribution in [3.8, 4) is 0 Å². The molecule has 2 unspecified atom stereocenters. The van der Waals surface area contributed by atoms with Crippen LogP contribution >= 0.6 is 0 Å². The summed E-state index contributed by atoms with van der Waals surface area (Å²) in [5.41, 5.74) is 5.72. The van der Waals surface area contributed by atoms with Gasteiger partial charge in [0.1, 0.15) is 18.0 Å². The predicted octanol–water partition coefficient (Wildman–Crippen LogP) is 1.28. The number of anilines is 2. The van der Waals surface area contributed by atoms with Crippen molar-refractivity contribution in [1.29, 1.82) is 0 Å². The number of methoxy groups -OCH3 is 1. The number of ether oxygens (including phenoxy) is 1. The van der Waals surface area contributed by atoms with E-state index in [2.05, 4.69) is 29.1 Å². The molecule has 2 atom stereocenters. The van der Waals surface area contributed by atoms with E-state index in [-0.39, 0.29) is 5.41 Å². The molecule has 0 aliphatic heterocycles. The average molecular weight is 222 g/mol. The molecule has 0 spiro atoms. The molecule has 5 heteroatoms. The van der Waals surface area contributed by atoms with E-state index in [0.29, 0.717) is 18.0 Å². The molecule has 88 valence electrons. The molecule has 0 aromatic carbocycles. The van der Waals surface area contributed by atoms with Gasteiger partial charge in [-0.1, -0.05) is 13.8 Å². The highest BCUT2D eigenvalue weighted by Gasteiger charge is 2.48. The standard InChI is InChI=1S/C11H18N4O/c1-11(2)7(4-8(11)16-3)15-10-5-9(12)13-6-14-10/h5-8H,4H2,1-3H3,(H3,12,13,14,15). The van der Waals surface area contributed by atoms with Crippen molar-refractivity contribution < 1.29 is 4.74 Å². The topological polar surface area (TPSA) is 73.1 Å². The van der Waals surface area contributed by atoms with Crippen molar-refractivity contribution in [2.75, 3.05) is 18.2 Å². The zero-order valence-corrected chi connectivity index (χ0v) is 9.90. The van der Waals surface area contributed by atoms with Gasteiger partial charge in [0.2, 0.25) is 0 Å². The SMILES string of the molecule is COC1CC(Nc2cc(N)ncn2)C1(C)C. The molecule has 1 aromatic rings. The number of hydrogen-bond donors (Lipinski definition) is 2. The van der Waals surface area contributed by atoms with Crippen LogP contribution in [-0.4, -0.2) is 29.2 Å². The van der Waals surface area contributed by atoms with Gasteiger partial charge in [-0.3, -0.25) is 0 Å². The second-order valence-corrected chi connectivity index (χ2v) is 4.81. The van der Waals surface area contributed by atoms with E-state index in [1.54, 1.807) is 13.2 Å². The van der Waals surface area contributed by atoms with Crippen LogP contribution in [-0.2, 0) is 4.74 Å². The number of nitrogen functional groups attached to an aromatic ring is 1. The lowest BCUT2D eigenvalue weighted by atomic mass is 9.64. The maximum atomic E-state index is 5.60. The number of nitrogens with one attached hydrogen (secondary N) is 1. The van der Waals surface area contributed by atoms with Gasteiger partial charge in [0.05, 0.1) is 6.10 Å². The third kappa shape index (κ3) is 1.82. The van der Waals surface area contributed by atoms with Crippen molar-refractivity contribution in [1.82, 2.24) is 9.97 Å². The van der Waals surface area contributed by atoms with Gasteiger partial charge in [-0.2, -0.15) is 0 Å². The molecule has 2 rings (SSSR count). The van der Waals surface area contributed by atoms with Gasteiger partial charge in [0.15, 0.2) is 0 Å². The number of nitrogens with two attached hydrogens (primary N) is 1. The van der Waals surface area contributed by atoms with Crippen LogP contribution in [0.5, 0.6) is 0 Å². The molecular weight excluding hydrogens is 204 g/mol. The fraction of sp³-hybridized carbons (Fsp3) is 0.636. The first kappa shape index (κ1) is 11.1. The Morgan fingerprint density at radius 2 is 2.25 bits per heavy atom. The van der Waals surface area contributed by atoms with E-state index in [0.717, 1.165) is 12.2 Å². The molecule has 5 nitrogen and oxygen atoms in total. The van der Waals surface area contributed by atoms with E-state index >= 15 is 0 Å². The normalized spacial score (nSPS) is 27.2. The van der Waals surface area contributed by atoms with Gasteiger partial charge in [0.25, 0.3) is 0 Å². The lowest BCUT2D eigenvalue weighted by Gasteiger charge is -2.51. The number of nitrogens with zero attached hydrogens (tertiary/aromatic N) is 2. The summed E-state index contributed by atoms with van der Waals surface area (Å²) in [7, 11) is 1.76. The Kier molecular flexibility index (Phi) is 2.71. The van der Waals surface area contributed by atoms with Gasteiger partial charge in [-0.15, -0.1) is 0 Å². The van der Waals surface area contributed by atoms with Crippen LogP contribution in [0.1, 0.15) is 20.3 Å². The highest BCUT2D eigenvalue weighted by Crippen LogP contribution is 2.43. The fourth-order valence-corrected chi connectivity index (χ4v) is 2.16. The average Bonchev–Trinajstić information content (AvgIpc) is 2.23. The highest BCUT2D eigenvalue weighted by atomic mass is 16.5. The minimum atomic E-state index is 0.120. The van der Waals surface area contributed by atoms with Crippen molar-refractivity contribution in [2.24, 2.45) is 5.41 Å². The monoisotopic (exact) mass is 222 g/mol. The fourth-order valence-electron chi connectivity index (χ4n) is 2.16. The first-order valence-corrected chi connectivity index (χ1v) is 5.41. The summed E-state index contributed by atoms with van der Waals surface area (Å²) in [5, 5.41) is 3.36. The molecule has 1 saturated carbocycles. The zero-order chi connectivity index (χ0) is 11.8.